The second-order valence-corrected chi connectivity index (χ2v) is 3.75. The molecule has 3 nitrogen and oxygen atoms in total. The molecule has 0 aromatic carbocycles. The molecule has 0 spiro atoms. The lowest BCUT2D eigenvalue weighted by molar-refractivity contribution is -0.128. The Balaban J connectivity index is 4.01. The van der Waals surface area contributed by atoms with E-state index >= 15 is 0 Å². The third-order valence-corrected chi connectivity index (χ3v) is 1.06. The molecule has 0 aliphatic rings. The molecular formula is C8H16N2O. The van der Waals surface area contributed by atoms with Gasteiger partial charge >= 0.3 is 0 Å². The van der Waals surface area contributed by atoms with Gasteiger partial charge in [0.25, 0.3) is 0 Å². The van der Waals surface area contributed by atoms with Gasteiger partial charge in [-0.3, -0.25) is 4.79 Å². The minimum Gasteiger partial charge on any atom is -0.273 e. The highest BCUT2D eigenvalue weighted by Gasteiger charge is 2.20. The number of nitrogens with one attached hydrogen (secondary N) is 1. The summed E-state index contributed by atoms with van der Waals surface area (Å²) < 4.78 is 0. The molecule has 0 aliphatic carbocycles. The molecule has 0 unspecified atom stereocenters. The van der Waals surface area contributed by atoms with Gasteiger partial charge in [-0.25, -0.2) is 5.43 Å². The maximum atomic E-state index is 11.2. The fraction of sp³-hybridized carbons (Fsp3) is 0.750. The van der Waals surface area contributed by atoms with E-state index < -0.39 is 0 Å². The zero-order valence-corrected chi connectivity index (χ0v) is 7.86. The highest BCUT2D eigenvalue weighted by atomic mass is 16.2. The van der Waals surface area contributed by atoms with Crippen LogP contribution >= 0.6 is 0 Å². The minimum atomic E-state index is -0.362. The van der Waals surface area contributed by atoms with Crippen LogP contribution in [0.5, 0.6) is 0 Å². The van der Waals surface area contributed by atoms with Crippen molar-refractivity contribution in [2.45, 2.75) is 34.6 Å². The van der Waals surface area contributed by atoms with Crippen LogP contribution in [0.25, 0.3) is 0 Å². The molecule has 0 bridgehead atoms. The summed E-state index contributed by atoms with van der Waals surface area (Å²) in [6, 6.07) is 0. The van der Waals surface area contributed by atoms with E-state index in [2.05, 4.69) is 10.5 Å². The Hall–Kier alpha value is -0.860. The van der Waals surface area contributed by atoms with Crippen molar-refractivity contribution in [3.05, 3.63) is 0 Å². The SMILES string of the molecule is CC(C)=NNC(=O)C(C)(C)C. The summed E-state index contributed by atoms with van der Waals surface area (Å²) in [5.74, 6) is -0.0568. The van der Waals surface area contributed by atoms with E-state index in [9.17, 15) is 4.79 Å². The van der Waals surface area contributed by atoms with Crippen LogP contribution in [0.2, 0.25) is 0 Å². The fourth-order valence-electron chi connectivity index (χ4n) is 0.330. The van der Waals surface area contributed by atoms with Gasteiger partial charge < -0.3 is 0 Å². The average molecular weight is 156 g/mol. The van der Waals surface area contributed by atoms with Crippen LogP contribution < -0.4 is 5.43 Å². The van der Waals surface area contributed by atoms with Gasteiger partial charge in [0.2, 0.25) is 5.91 Å². The molecule has 0 radical (unpaired) electrons. The van der Waals surface area contributed by atoms with Gasteiger partial charge in [0, 0.05) is 11.1 Å². The highest BCUT2D eigenvalue weighted by molar-refractivity contribution is 5.84. The monoisotopic (exact) mass is 156 g/mol. The van der Waals surface area contributed by atoms with Crippen molar-refractivity contribution >= 4 is 11.6 Å². The van der Waals surface area contributed by atoms with E-state index in [1.807, 2.05) is 34.6 Å². The molecule has 0 atom stereocenters. The van der Waals surface area contributed by atoms with Gasteiger partial charge in [-0.2, -0.15) is 5.10 Å². The molecular weight excluding hydrogens is 140 g/mol. The molecule has 1 amide bonds. The summed E-state index contributed by atoms with van der Waals surface area (Å²) in [5.41, 5.74) is 2.96. The third kappa shape index (κ3) is 4.53. The smallest absolute Gasteiger partial charge is 0.245 e. The first kappa shape index (κ1) is 10.1. The van der Waals surface area contributed by atoms with Crippen LogP contribution in [0.1, 0.15) is 34.6 Å². The second-order valence-electron chi connectivity index (χ2n) is 3.75. The van der Waals surface area contributed by atoms with Crippen molar-refractivity contribution in [3.8, 4) is 0 Å². The normalized spacial score (nSPS) is 10.6. The Morgan fingerprint density at radius 3 is 2.00 bits per heavy atom. The van der Waals surface area contributed by atoms with Crippen molar-refractivity contribution in [2.75, 3.05) is 0 Å². The molecule has 0 aliphatic heterocycles. The number of hydrazone groups is 1. The van der Waals surface area contributed by atoms with E-state index in [0.717, 1.165) is 5.71 Å². The van der Waals surface area contributed by atoms with Crippen LogP contribution in [-0.2, 0) is 4.79 Å². The van der Waals surface area contributed by atoms with Gasteiger partial charge in [0.15, 0.2) is 0 Å². The van der Waals surface area contributed by atoms with Crippen LogP contribution in [0, 0.1) is 5.41 Å². The Morgan fingerprint density at radius 2 is 1.73 bits per heavy atom. The molecule has 0 heterocycles. The van der Waals surface area contributed by atoms with Crippen molar-refractivity contribution in [3.63, 3.8) is 0 Å². The van der Waals surface area contributed by atoms with Gasteiger partial charge in [-0.15, -0.1) is 0 Å². The zero-order valence-electron chi connectivity index (χ0n) is 7.86. The quantitative estimate of drug-likeness (QED) is 0.454. The number of nitrogens with zero attached hydrogens (tertiary/aromatic N) is 1. The summed E-state index contributed by atoms with van der Waals surface area (Å²) in [6.07, 6.45) is 0. The first-order valence-electron chi connectivity index (χ1n) is 3.65. The number of hydrogen-bond donors (Lipinski definition) is 1. The largest absolute Gasteiger partial charge is 0.273 e. The van der Waals surface area contributed by atoms with Crippen molar-refractivity contribution < 1.29 is 4.79 Å². The summed E-state index contributed by atoms with van der Waals surface area (Å²) >= 11 is 0. The number of amides is 1. The molecule has 3 heteroatoms. The number of carbonyl (C=O) groups excluding carboxylic acids is 1. The average Bonchev–Trinajstić information content (AvgIpc) is 1.80. The predicted octanol–water partition coefficient (Wildman–Crippen LogP) is 1.54. The highest BCUT2D eigenvalue weighted by Crippen LogP contribution is 2.11. The van der Waals surface area contributed by atoms with E-state index in [1.165, 1.54) is 0 Å². The maximum Gasteiger partial charge on any atom is 0.245 e. The topological polar surface area (TPSA) is 41.5 Å². The van der Waals surface area contributed by atoms with Crippen LogP contribution in [0.3, 0.4) is 0 Å². The molecule has 11 heavy (non-hydrogen) atoms. The number of hydrogen-bond acceptors (Lipinski definition) is 2. The summed E-state index contributed by atoms with van der Waals surface area (Å²) in [5, 5.41) is 3.81. The van der Waals surface area contributed by atoms with Crippen molar-refractivity contribution in [1.82, 2.24) is 5.43 Å². The van der Waals surface area contributed by atoms with Crippen molar-refractivity contribution in [1.29, 1.82) is 0 Å². The first-order chi connectivity index (χ1) is 4.84. The molecule has 0 rings (SSSR count). The van der Waals surface area contributed by atoms with E-state index in [4.69, 9.17) is 0 Å². The van der Waals surface area contributed by atoms with Gasteiger partial charge in [0.1, 0.15) is 0 Å². The fourth-order valence-corrected chi connectivity index (χ4v) is 0.330. The van der Waals surface area contributed by atoms with Crippen molar-refractivity contribution in [2.24, 2.45) is 10.5 Å². The zero-order chi connectivity index (χ0) is 9.07. The Kier molecular flexibility index (Phi) is 3.23. The predicted molar refractivity (Wildman–Crippen MR) is 46.4 cm³/mol. The maximum absolute atomic E-state index is 11.2. The molecule has 0 aromatic rings. The van der Waals surface area contributed by atoms with E-state index in [-0.39, 0.29) is 11.3 Å². The number of carbonyl (C=O) groups is 1. The molecule has 0 aromatic heterocycles. The standard InChI is InChI=1S/C8H16N2O/c1-6(2)9-10-7(11)8(3,4)5/h1-5H3,(H,10,11). The third-order valence-electron chi connectivity index (χ3n) is 1.06. The van der Waals surface area contributed by atoms with Crippen LogP contribution in [0.4, 0.5) is 0 Å². The Labute approximate surface area is 67.9 Å². The van der Waals surface area contributed by atoms with Gasteiger partial charge in [0.05, 0.1) is 0 Å². The lowest BCUT2D eigenvalue weighted by Gasteiger charge is -2.14. The van der Waals surface area contributed by atoms with Crippen LogP contribution in [-0.4, -0.2) is 11.6 Å². The van der Waals surface area contributed by atoms with Gasteiger partial charge in [-0.05, 0) is 13.8 Å². The van der Waals surface area contributed by atoms with E-state index in [1.54, 1.807) is 0 Å². The molecule has 1 N–H and O–H groups in total. The lowest BCUT2D eigenvalue weighted by atomic mass is 9.96. The minimum absolute atomic E-state index is 0.0568. The second kappa shape index (κ2) is 3.51. The Morgan fingerprint density at radius 1 is 1.27 bits per heavy atom. The summed E-state index contributed by atoms with van der Waals surface area (Å²) in [6.45, 7) is 9.22. The van der Waals surface area contributed by atoms with Gasteiger partial charge in [-0.1, -0.05) is 20.8 Å². The first-order valence-corrected chi connectivity index (χ1v) is 3.65. The number of rotatable bonds is 1. The molecule has 0 saturated heterocycles. The Bertz CT molecular complexity index is 173. The molecule has 0 saturated carbocycles. The van der Waals surface area contributed by atoms with E-state index in [0.29, 0.717) is 0 Å². The summed E-state index contributed by atoms with van der Waals surface area (Å²) in [4.78, 5) is 11.2. The van der Waals surface area contributed by atoms with Crippen LogP contribution in [0.15, 0.2) is 5.10 Å². The molecule has 0 fully saturated rings. The molecule has 64 valence electrons. The summed E-state index contributed by atoms with van der Waals surface area (Å²) in [7, 11) is 0. The lowest BCUT2D eigenvalue weighted by Crippen LogP contribution is -2.31.